The van der Waals surface area contributed by atoms with Crippen molar-refractivity contribution in [2.75, 3.05) is 24.2 Å². The molecule has 2 aromatic rings. The summed E-state index contributed by atoms with van der Waals surface area (Å²) in [6.45, 7) is 1.08. The Bertz CT molecular complexity index is 849. The van der Waals surface area contributed by atoms with Crippen LogP contribution in [0.4, 0.5) is 10.1 Å². The van der Waals surface area contributed by atoms with E-state index in [1.54, 1.807) is 6.07 Å². The van der Waals surface area contributed by atoms with Crippen molar-refractivity contribution in [1.82, 2.24) is 9.88 Å². The van der Waals surface area contributed by atoms with E-state index in [2.05, 4.69) is 10.3 Å². The van der Waals surface area contributed by atoms with Crippen molar-refractivity contribution in [1.29, 1.82) is 0 Å². The van der Waals surface area contributed by atoms with E-state index in [4.69, 9.17) is 16.7 Å². The summed E-state index contributed by atoms with van der Waals surface area (Å²) in [4.78, 5) is 28.9. The number of anilines is 1. The summed E-state index contributed by atoms with van der Waals surface area (Å²) in [6.07, 6.45) is 1.24. The number of aromatic carboxylic acids is 1. The van der Waals surface area contributed by atoms with E-state index in [0.29, 0.717) is 40.3 Å². The second kappa shape index (κ2) is 8.90. The van der Waals surface area contributed by atoms with Gasteiger partial charge in [-0.25, -0.2) is 14.2 Å². The predicted molar refractivity (Wildman–Crippen MR) is 104 cm³/mol. The van der Waals surface area contributed by atoms with Crippen LogP contribution in [-0.4, -0.2) is 51.8 Å². The van der Waals surface area contributed by atoms with Crippen molar-refractivity contribution < 1.29 is 19.1 Å². The van der Waals surface area contributed by atoms with Crippen LogP contribution in [0.1, 0.15) is 23.3 Å². The van der Waals surface area contributed by atoms with E-state index in [1.165, 1.54) is 40.6 Å². The molecule has 2 heterocycles. The number of nitrogens with zero attached hydrogens (tertiary/aromatic N) is 2. The molecule has 1 aromatic carbocycles. The number of hydrogen-bond donors (Lipinski definition) is 2. The number of benzene rings is 1. The number of carboxylic acid groups (broad SMARTS) is 1. The van der Waals surface area contributed by atoms with E-state index >= 15 is 0 Å². The molecule has 1 atom stereocenters. The van der Waals surface area contributed by atoms with Gasteiger partial charge in [-0.05, 0) is 24.6 Å². The second-order valence-electron chi connectivity index (χ2n) is 5.94. The Kier molecular flexibility index (Phi) is 6.56. The van der Waals surface area contributed by atoms with Crippen molar-refractivity contribution in [3.8, 4) is 0 Å². The third-order valence-electron chi connectivity index (χ3n) is 4.17. The number of likely N-dealkylation sites (tertiary alicyclic amines) is 1. The molecular weight excluding hydrogens is 413 g/mol. The Morgan fingerprint density at radius 1 is 1.52 bits per heavy atom. The SMILES string of the molecule is O=C(O)c1csc(SCCN2C(=O)CCC2CNc2ccc(F)cc2Cl)n1. The second-order valence-corrected chi connectivity index (χ2v) is 8.54. The van der Waals surface area contributed by atoms with Crippen molar-refractivity contribution in [2.45, 2.75) is 23.2 Å². The maximum absolute atomic E-state index is 13.1. The highest BCUT2D eigenvalue weighted by Crippen LogP contribution is 2.26. The summed E-state index contributed by atoms with van der Waals surface area (Å²) in [6, 6.07) is 4.20. The number of carboxylic acids is 1. The van der Waals surface area contributed by atoms with Crippen LogP contribution in [0.3, 0.4) is 0 Å². The molecule has 1 saturated heterocycles. The standard InChI is InChI=1S/C17H17ClFN3O3S2/c18-12-7-10(19)1-3-13(12)20-8-11-2-4-15(23)22(11)5-6-26-17-21-14(9-27-17)16(24)25/h1,3,7,9,11,20H,2,4-6,8H2,(H,24,25). The number of halogens is 2. The summed E-state index contributed by atoms with van der Waals surface area (Å²) < 4.78 is 13.8. The molecule has 0 bridgehead atoms. The molecular formula is C17H17ClFN3O3S2. The molecule has 1 aromatic heterocycles. The van der Waals surface area contributed by atoms with Gasteiger partial charge < -0.3 is 15.3 Å². The van der Waals surface area contributed by atoms with Crippen molar-refractivity contribution in [3.63, 3.8) is 0 Å². The third kappa shape index (κ3) is 5.12. The first-order chi connectivity index (χ1) is 12.9. The van der Waals surface area contributed by atoms with Crippen LogP contribution in [0.5, 0.6) is 0 Å². The molecule has 1 unspecified atom stereocenters. The first-order valence-electron chi connectivity index (χ1n) is 8.24. The lowest BCUT2D eigenvalue weighted by Crippen LogP contribution is -2.39. The number of rotatable bonds is 8. The minimum absolute atomic E-state index is 0.0325. The van der Waals surface area contributed by atoms with Gasteiger partial charge in [0.05, 0.1) is 10.7 Å². The number of carbonyl (C=O) groups excluding carboxylic acids is 1. The number of thiazole rings is 1. The molecule has 1 amide bonds. The summed E-state index contributed by atoms with van der Waals surface area (Å²) in [5.74, 6) is -0.712. The minimum Gasteiger partial charge on any atom is -0.476 e. The first kappa shape index (κ1) is 19.9. The van der Waals surface area contributed by atoms with Gasteiger partial charge in [-0.2, -0.15) is 0 Å². The van der Waals surface area contributed by atoms with Crippen molar-refractivity contribution in [2.24, 2.45) is 0 Å². The largest absolute Gasteiger partial charge is 0.476 e. The number of nitrogens with one attached hydrogen (secondary N) is 1. The van der Waals surface area contributed by atoms with Gasteiger partial charge in [0, 0.05) is 36.7 Å². The lowest BCUT2D eigenvalue weighted by atomic mass is 10.2. The molecule has 10 heteroatoms. The Hall–Kier alpha value is -1.84. The highest BCUT2D eigenvalue weighted by molar-refractivity contribution is 8.01. The van der Waals surface area contributed by atoms with Gasteiger partial charge in [0.1, 0.15) is 5.82 Å². The van der Waals surface area contributed by atoms with Crippen LogP contribution in [-0.2, 0) is 4.79 Å². The molecule has 27 heavy (non-hydrogen) atoms. The average Bonchev–Trinajstić information content (AvgIpc) is 3.22. The van der Waals surface area contributed by atoms with Gasteiger partial charge in [-0.3, -0.25) is 4.79 Å². The minimum atomic E-state index is -1.04. The molecule has 2 N–H and O–H groups in total. The molecule has 1 fully saturated rings. The molecule has 0 spiro atoms. The Labute approximate surface area is 168 Å². The number of amides is 1. The highest BCUT2D eigenvalue weighted by atomic mass is 35.5. The molecule has 0 radical (unpaired) electrons. The molecule has 0 aliphatic carbocycles. The number of aromatic nitrogens is 1. The average molecular weight is 430 g/mol. The fourth-order valence-corrected chi connectivity index (χ4v) is 4.87. The zero-order valence-electron chi connectivity index (χ0n) is 14.2. The Balaban J connectivity index is 1.52. The van der Waals surface area contributed by atoms with Crippen LogP contribution < -0.4 is 5.32 Å². The lowest BCUT2D eigenvalue weighted by molar-refractivity contribution is -0.128. The van der Waals surface area contributed by atoms with Crippen LogP contribution in [0.25, 0.3) is 0 Å². The topological polar surface area (TPSA) is 82.5 Å². The van der Waals surface area contributed by atoms with Crippen LogP contribution in [0.15, 0.2) is 27.9 Å². The van der Waals surface area contributed by atoms with E-state index in [-0.39, 0.29) is 17.6 Å². The van der Waals surface area contributed by atoms with E-state index in [0.717, 1.165) is 6.42 Å². The monoisotopic (exact) mass is 429 g/mol. The Morgan fingerprint density at radius 2 is 2.33 bits per heavy atom. The molecule has 144 valence electrons. The maximum Gasteiger partial charge on any atom is 0.355 e. The number of carbonyl (C=O) groups is 2. The molecule has 6 nitrogen and oxygen atoms in total. The molecule has 3 rings (SSSR count). The fraction of sp³-hybridized carbons (Fsp3) is 0.353. The highest BCUT2D eigenvalue weighted by Gasteiger charge is 2.30. The predicted octanol–water partition coefficient (Wildman–Crippen LogP) is 3.83. The molecule has 1 aliphatic heterocycles. The van der Waals surface area contributed by atoms with E-state index in [1.807, 2.05) is 4.90 Å². The normalized spacial score (nSPS) is 16.7. The summed E-state index contributed by atoms with van der Waals surface area (Å²) in [5.41, 5.74) is 0.675. The Morgan fingerprint density at radius 3 is 3.04 bits per heavy atom. The fourth-order valence-electron chi connectivity index (χ4n) is 2.83. The van der Waals surface area contributed by atoms with Gasteiger partial charge in [-0.1, -0.05) is 23.4 Å². The number of hydrogen-bond acceptors (Lipinski definition) is 6. The van der Waals surface area contributed by atoms with Gasteiger partial charge in [0.25, 0.3) is 0 Å². The summed E-state index contributed by atoms with van der Waals surface area (Å²) in [7, 11) is 0. The smallest absolute Gasteiger partial charge is 0.355 e. The van der Waals surface area contributed by atoms with Gasteiger partial charge in [0.15, 0.2) is 10.0 Å². The third-order valence-corrected chi connectivity index (χ3v) is 6.49. The molecule has 0 saturated carbocycles. The van der Waals surface area contributed by atoms with E-state index in [9.17, 15) is 14.0 Å². The summed E-state index contributed by atoms with van der Waals surface area (Å²) in [5, 5.41) is 13.9. The van der Waals surface area contributed by atoms with E-state index < -0.39 is 11.8 Å². The number of thioether (sulfide) groups is 1. The van der Waals surface area contributed by atoms with Crippen molar-refractivity contribution >= 4 is 52.3 Å². The molecule has 1 aliphatic rings. The zero-order chi connectivity index (χ0) is 19.4. The maximum atomic E-state index is 13.1. The zero-order valence-corrected chi connectivity index (χ0v) is 16.5. The van der Waals surface area contributed by atoms with Crippen LogP contribution in [0.2, 0.25) is 5.02 Å². The van der Waals surface area contributed by atoms with Crippen molar-refractivity contribution in [3.05, 3.63) is 40.1 Å². The van der Waals surface area contributed by atoms with Crippen LogP contribution >= 0.6 is 34.7 Å². The first-order valence-corrected chi connectivity index (χ1v) is 10.5. The lowest BCUT2D eigenvalue weighted by Gasteiger charge is -2.25. The quantitative estimate of drug-likeness (QED) is 0.620. The van der Waals surface area contributed by atoms with Crippen LogP contribution in [0, 0.1) is 5.82 Å². The van der Waals surface area contributed by atoms with Gasteiger partial charge in [-0.15, -0.1) is 11.3 Å². The summed E-state index contributed by atoms with van der Waals surface area (Å²) >= 11 is 8.74. The van der Waals surface area contributed by atoms with Gasteiger partial charge in [0.2, 0.25) is 5.91 Å². The van der Waals surface area contributed by atoms with Gasteiger partial charge >= 0.3 is 5.97 Å².